The molecule has 2 atom stereocenters. The molecule has 14 heteroatoms. The number of aromatic nitrogens is 5. The van der Waals surface area contributed by atoms with E-state index in [1.165, 1.54) is 21.5 Å². The number of aryl methyl sites for hydroxylation is 1. The summed E-state index contributed by atoms with van der Waals surface area (Å²) in [5, 5.41) is 12.3. The van der Waals surface area contributed by atoms with Crippen LogP contribution in [0.5, 0.6) is 0 Å². The molecule has 48 heavy (non-hydrogen) atoms. The van der Waals surface area contributed by atoms with Crippen LogP contribution < -0.4 is 11.1 Å². The Labute approximate surface area is 284 Å². The predicted molar refractivity (Wildman–Crippen MR) is 182 cm³/mol. The van der Waals surface area contributed by atoms with Crippen LogP contribution in [0.15, 0.2) is 82.9 Å². The maximum absolute atomic E-state index is 14.1. The summed E-state index contributed by atoms with van der Waals surface area (Å²) in [6.45, 7) is 1.46. The predicted octanol–water partition coefficient (Wildman–Crippen LogP) is 3.30. The molecule has 6 heterocycles. The molecule has 7 rings (SSSR count). The number of nitrogens with zero attached hydrogens (tertiary/aromatic N) is 7. The molecule has 248 valence electrons. The zero-order chi connectivity index (χ0) is 33.6. The van der Waals surface area contributed by atoms with Crippen molar-refractivity contribution in [1.29, 1.82) is 0 Å². The van der Waals surface area contributed by atoms with E-state index in [9.17, 15) is 24.3 Å². The van der Waals surface area contributed by atoms with Crippen molar-refractivity contribution in [2.75, 3.05) is 26.2 Å². The van der Waals surface area contributed by atoms with Crippen molar-refractivity contribution in [2.45, 2.75) is 37.3 Å². The van der Waals surface area contributed by atoms with E-state index >= 15 is 0 Å². The number of rotatable bonds is 6. The molecular weight excluding hydrogens is 654 g/mol. The number of amides is 2. The SMILES string of the molecule is Cn1ccc2c(=O)n(CC3(O)CCN(C(=O)[C@@H]4CCN(C(=O)c5sc(-n6ccccc6=O)nc5Cl)C[C@H]4c4ccccc4)CC3)cnc21. The first-order valence-electron chi connectivity index (χ1n) is 15.8. The maximum Gasteiger partial charge on any atom is 0.267 e. The number of hydrogen-bond donors (Lipinski definition) is 1. The first-order valence-corrected chi connectivity index (χ1v) is 17.0. The molecule has 0 saturated carbocycles. The Morgan fingerprint density at radius 3 is 2.50 bits per heavy atom. The lowest BCUT2D eigenvalue weighted by atomic mass is 9.79. The molecule has 1 aromatic carbocycles. The van der Waals surface area contributed by atoms with Crippen LogP contribution in [0.25, 0.3) is 16.2 Å². The summed E-state index contributed by atoms with van der Waals surface area (Å²) in [6.07, 6.45) is 5.93. The van der Waals surface area contributed by atoms with Gasteiger partial charge in [0.15, 0.2) is 10.3 Å². The van der Waals surface area contributed by atoms with Crippen molar-refractivity contribution in [1.82, 2.24) is 33.5 Å². The number of pyridine rings is 1. The van der Waals surface area contributed by atoms with Crippen molar-refractivity contribution in [3.8, 4) is 5.13 Å². The lowest BCUT2D eigenvalue weighted by Crippen LogP contribution is -2.53. The van der Waals surface area contributed by atoms with Crippen molar-refractivity contribution < 1.29 is 14.7 Å². The van der Waals surface area contributed by atoms with Crippen molar-refractivity contribution >= 4 is 45.8 Å². The fraction of sp³-hybridized carbons (Fsp3) is 0.353. The van der Waals surface area contributed by atoms with Gasteiger partial charge in [0.25, 0.3) is 17.0 Å². The van der Waals surface area contributed by atoms with Crippen LogP contribution in [0.4, 0.5) is 0 Å². The van der Waals surface area contributed by atoms with E-state index in [1.807, 2.05) is 37.4 Å². The van der Waals surface area contributed by atoms with Gasteiger partial charge in [-0.15, -0.1) is 0 Å². The zero-order valence-electron chi connectivity index (χ0n) is 26.2. The fourth-order valence-corrected chi connectivity index (χ4v) is 8.11. The molecular formula is C34H34ClN7O5S. The van der Waals surface area contributed by atoms with Crippen LogP contribution >= 0.6 is 22.9 Å². The first-order chi connectivity index (χ1) is 23.1. The van der Waals surface area contributed by atoms with Crippen LogP contribution in [0.1, 0.15) is 40.4 Å². The number of aliphatic hydroxyl groups is 1. The van der Waals surface area contributed by atoms with Gasteiger partial charge in [0.2, 0.25) is 5.91 Å². The summed E-state index contributed by atoms with van der Waals surface area (Å²) in [5.41, 5.74) is -0.0901. The summed E-state index contributed by atoms with van der Waals surface area (Å²) >= 11 is 7.50. The number of thiazole rings is 1. The highest BCUT2D eigenvalue weighted by Gasteiger charge is 2.42. The molecule has 0 bridgehead atoms. The molecule has 12 nitrogen and oxygen atoms in total. The molecule has 2 amide bonds. The molecule has 0 radical (unpaired) electrons. The summed E-state index contributed by atoms with van der Waals surface area (Å²) in [4.78, 5) is 65.8. The van der Waals surface area contributed by atoms with E-state index in [0.717, 1.165) is 16.9 Å². The third-order valence-corrected chi connectivity index (χ3v) is 11.0. The standard InChI is InChI=1S/C34H34ClN7O5S/c1-38-15-10-24-29(38)36-21-41(31(24)45)20-34(47)12-17-39(18-13-34)30(44)23-11-16-40(19-25(23)22-7-3-2-4-8-22)32(46)27-28(35)37-33(48-27)42-14-6-5-9-26(42)43/h2-10,14-15,21,23,25,47H,11-13,16-20H2,1H3/t23-,25+/m1/s1. The van der Waals surface area contributed by atoms with E-state index in [2.05, 4.69) is 9.97 Å². The van der Waals surface area contributed by atoms with Crippen LogP contribution in [0.3, 0.4) is 0 Å². The Morgan fingerprint density at radius 2 is 1.75 bits per heavy atom. The largest absolute Gasteiger partial charge is 0.388 e. The van der Waals surface area contributed by atoms with Gasteiger partial charge in [-0.1, -0.05) is 59.3 Å². The highest BCUT2D eigenvalue weighted by atomic mass is 35.5. The number of hydrogen-bond acceptors (Lipinski definition) is 8. The Hall–Kier alpha value is -4.59. The number of halogens is 1. The molecule has 4 aromatic heterocycles. The van der Waals surface area contributed by atoms with Crippen molar-refractivity contribution in [3.05, 3.63) is 110 Å². The molecule has 1 N–H and O–H groups in total. The second kappa shape index (κ2) is 12.8. The Kier molecular flexibility index (Phi) is 8.52. The minimum Gasteiger partial charge on any atom is -0.388 e. The highest BCUT2D eigenvalue weighted by Crippen LogP contribution is 2.37. The minimum atomic E-state index is -1.16. The van der Waals surface area contributed by atoms with E-state index in [1.54, 1.807) is 45.0 Å². The van der Waals surface area contributed by atoms with Gasteiger partial charge in [-0.2, -0.15) is 0 Å². The van der Waals surface area contributed by atoms with Gasteiger partial charge in [-0.3, -0.25) is 28.3 Å². The molecule has 2 aliphatic rings. The monoisotopic (exact) mass is 687 g/mol. The number of likely N-dealkylation sites (tertiary alicyclic amines) is 2. The molecule has 0 aliphatic carbocycles. The van der Waals surface area contributed by atoms with Gasteiger partial charge in [-0.05, 0) is 37.0 Å². The lowest BCUT2D eigenvalue weighted by molar-refractivity contribution is -0.142. The quantitative estimate of drug-likeness (QED) is 0.290. The molecule has 2 aliphatic heterocycles. The molecule has 0 spiro atoms. The van der Waals surface area contributed by atoms with E-state index < -0.39 is 5.60 Å². The van der Waals surface area contributed by atoms with Gasteiger partial charge in [0.05, 0.1) is 17.5 Å². The average molecular weight is 688 g/mol. The number of carbonyl (C=O) groups excluding carboxylic acids is 2. The molecule has 5 aromatic rings. The second-order valence-electron chi connectivity index (χ2n) is 12.6. The maximum atomic E-state index is 14.1. The van der Waals surface area contributed by atoms with Crippen LogP contribution in [-0.4, -0.2) is 82.2 Å². The fourth-order valence-electron chi connectivity index (χ4n) is 6.87. The van der Waals surface area contributed by atoms with Crippen molar-refractivity contribution in [3.63, 3.8) is 0 Å². The third kappa shape index (κ3) is 5.97. The molecule has 2 saturated heterocycles. The summed E-state index contributed by atoms with van der Waals surface area (Å²) in [6, 6.07) is 16.2. The van der Waals surface area contributed by atoms with Crippen LogP contribution in [0.2, 0.25) is 5.15 Å². The topological polar surface area (TPSA) is 136 Å². The zero-order valence-corrected chi connectivity index (χ0v) is 27.8. The number of benzene rings is 1. The van der Waals surface area contributed by atoms with Gasteiger partial charge in [0, 0.05) is 63.5 Å². The number of fused-ring (bicyclic) bond motifs is 1. The normalized spacial score (nSPS) is 19.5. The van der Waals surface area contributed by atoms with Crippen LogP contribution in [-0.2, 0) is 18.4 Å². The lowest BCUT2D eigenvalue weighted by Gasteiger charge is -2.43. The van der Waals surface area contributed by atoms with Gasteiger partial charge >= 0.3 is 0 Å². The van der Waals surface area contributed by atoms with Gasteiger partial charge in [-0.25, -0.2) is 9.97 Å². The smallest absolute Gasteiger partial charge is 0.267 e. The molecule has 2 fully saturated rings. The second-order valence-corrected chi connectivity index (χ2v) is 13.9. The van der Waals surface area contributed by atoms with E-state index in [4.69, 9.17) is 11.6 Å². The highest BCUT2D eigenvalue weighted by molar-refractivity contribution is 7.16. The third-order valence-electron chi connectivity index (χ3n) is 9.56. The summed E-state index contributed by atoms with van der Waals surface area (Å²) in [7, 11) is 1.83. The van der Waals surface area contributed by atoms with Gasteiger partial charge in [0.1, 0.15) is 16.9 Å². The van der Waals surface area contributed by atoms with Gasteiger partial charge < -0.3 is 19.5 Å². The average Bonchev–Trinajstić information content (AvgIpc) is 3.68. The number of carbonyl (C=O) groups is 2. The Bertz CT molecular complexity index is 2120. The van der Waals surface area contributed by atoms with Crippen molar-refractivity contribution in [2.24, 2.45) is 13.0 Å². The van der Waals surface area contributed by atoms with E-state index in [0.29, 0.717) is 61.6 Å². The van der Waals surface area contributed by atoms with Crippen LogP contribution in [0, 0.1) is 5.92 Å². The Morgan fingerprint density at radius 1 is 1.00 bits per heavy atom. The first kappa shape index (κ1) is 32.0. The summed E-state index contributed by atoms with van der Waals surface area (Å²) < 4.78 is 4.58. The number of piperidine rings is 2. The minimum absolute atomic E-state index is 0.0101. The summed E-state index contributed by atoms with van der Waals surface area (Å²) in [5.74, 6) is -0.933. The van der Waals surface area contributed by atoms with E-state index in [-0.39, 0.29) is 51.3 Å². The molecule has 0 unspecified atom stereocenters. The Balaban J connectivity index is 1.06.